The molecule has 0 unspecified atom stereocenters. The van der Waals surface area contributed by atoms with E-state index in [4.69, 9.17) is 9.97 Å². The van der Waals surface area contributed by atoms with E-state index in [1.807, 2.05) is 19.1 Å². The Bertz CT molecular complexity index is 764. The maximum Gasteiger partial charge on any atom is 0.172 e. The average molecular weight is 370 g/mol. The summed E-state index contributed by atoms with van der Waals surface area (Å²) in [4.78, 5) is 17.2. The molecule has 0 saturated carbocycles. The van der Waals surface area contributed by atoms with Gasteiger partial charge in [-0.2, -0.15) is 0 Å². The molecule has 146 valence electrons. The second-order valence-electron chi connectivity index (χ2n) is 8.17. The molecular formula is C21H31N5O. The SMILES string of the molecule is CC1CCN(c2nc3ccccc3nc2N2CCN(C[C@@H](C)O)CC2)CC1. The number of nitrogens with zero attached hydrogens (tertiary/aromatic N) is 5. The van der Waals surface area contributed by atoms with E-state index in [-0.39, 0.29) is 6.10 Å². The third-order valence-corrected chi connectivity index (χ3v) is 5.81. The van der Waals surface area contributed by atoms with Crippen LogP contribution in [-0.4, -0.2) is 71.9 Å². The molecular weight excluding hydrogens is 338 g/mol. The molecule has 1 atom stereocenters. The maximum atomic E-state index is 9.66. The summed E-state index contributed by atoms with van der Waals surface area (Å²) < 4.78 is 0. The van der Waals surface area contributed by atoms with Crippen LogP contribution in [-0.2, 0) is 0 Å². The van der Waals surface area contributed by atoms with Crippen LogP contribution in [0, 0.1) is 5.92 Å². The summed E-state index contributed by atoms with van der Waals surface area (Å²) >= 11 is 0. The minimum absolute atomic E-state index is 0.275. The molecule has 1 aromatic carbocycles. The molecule has 1 aromatic heterocycles. The Hall–Kier alpha value is -1.92. The van der Waals surface area contributed by atoms with Crippen LogP contribution < -0.4 is 9.80 Å². The Balaban J connectivity index is 1.61. The van der Waals surface area contributed by atoms with Gasteiger partial charge in [-0.25, -0.2) is 9.97 Å². The molecule has 2 aliphatic heterocycles. The molecule has 0 radical (unpaired) electrons. The highest BCUT2D eigenvalue weighted by atomic mass is 16.3. The van der Waals surface area contributed by atoms with Crippen LogP contribution in [0.25, 0.3) is 11.0 Å². The van der Waals surface area contributed by atoms with Gasteiger partial charge in [0.1, 0.15) is 0 Å². The summed E-state index contributed by atoms with van der Waals surface area (Å²) in [7, 11) is 0. The first kappa shape index (κ1) is 18.4. The Kier molecular flexibility index (Phi) is 5.45. The normalized spacial score (nSPS) is 21.0. The van der Waals surface area contributed by atoms with Crippen molar-refractivity contribution < 1.29 is 5.11 Å². The fourth-order valence-electron chi connectivity index (χ4n) is 4.14. The van der Waals surface area contributed by atoms with Crippen molar-refractivity contribution in [3.8, 4) is 0 Å². The predicted octanol–water partition coefficient (Wildman–Crippen LogP) is 2.37. The van der Waals surface area contributed by atoms with Gasteiger partial charge in [0.25, 0.3) is 0 Å². The van der Waals surface area contributed by atoms with Gasteiger partial charge < -0.3 is 14.9 Å². The third kappa shape index (κ3) is 4.17. The van der Waals surface area contributed by atoms with E-state index in [0.29, 0.717) is 0 Å². The number of piperidine rings is 1. The molecule has 6 heteroatoms. The first-order valence-electron chi connectivity index (χ1n) is 10.3. The van der Waals surface area contributed by atoms with Crippen molar-refractivity contribution in [2.24, 2.45) is 5.92 Å². The molecule has 27 heavy (non-hydrogen) atoms. The van der Waals surface area contributed by atoms with Gasteiger partial charge in [0.15, 0.2) is 11.6 Å². The lowest BCUT2D eigenvalue weighted by molar-refractivity contribution is 0.122. The lowest BCUT2D eigenvalue weighted by Crippen LogP contribution is -2.49. The summed E-state index contributed by atoms with van der Waals surface area (Å²) in [6.07, 6.45) is 2.16. The van der Waals surface area contributed by atoms with Crippen molar-refractivity contribution in [3.63, 3.8) is 0 Å². The van der Waals surface area contributed by atoms with Crippen LogP contribution in [0.3, 0.4) is 0 Å². The van der Waals surface area contributed by atoms with Crippen LogP contribution in [0.15, 0.2) is 24.3 Å². The number of aliphatic hydroxyl groups is 1. The number of hydrogen-bond acceptors (Lipinski definition) is 6. The van der Waals surface area contributed by atoms with Gasteiger partial charge in [0.05, 0.1) is 17.1 Å². The lowest BCUT2D eigenvalue weighted by Gasteiger charge is -2.38. The summed E-state index contributed by atoms with van der Waals surface area (Å²) in [5.41, 5.74) is 1.94. The fraction of sp³-hybridized carbons (Fsp3) is 0.619. The van der Waals surface area contributed by atoms with Gasteiger partial charge in [-0.1, -0.05) is 19.1 Å². The Morgan fingerprint density at radius 2 is 1.44 bits per heavy atom. The van der Waals surface area contributed by atoms with Crippen molar-refractivity contribution in [2.75, 3.05) is 55.6 Å². The molecule has 2 fully saturated rings. The van der Waals surface area contributed by atoms with Gasteiger partial charge in [-0.3, -0.25) is 4.90 Å². The summed E-state index contributed by atoms with van der Waals surface area (Å²) in [5.74, 6) is 2.87. The highest BCUT2D eigenvalue weighted by molar-refractivity contribution is 5.81. The van der Waals surface area contributed by atoms with Crippen LogP contribution in [0.5, 0.6) is 0 Å². The number of anilines is 2. The lowest BCUT2D eigenvalue weighted by atomic mass is 9.99. The van der Waals surface area contributed by atoms with Gasteiger partial charge in [-0.15, -0.1) is 0 Å². The third-order valence-electron chi connectivity index (χ3n) is 5.81. The van der Waals surface area contributed by atoms with Gasteiger partial charge >= 0.3 is 0 Å². The largest absolute Gasteiger partial charge is 0.392 e. The van der Waals surface area contributed by atoms with Gasteiger partial charge in [0.2, 0.25) is 0 Å². The number of fused-ring (bicyclic) bond motifs is 1. The van der Waals surface area contributed by atoms with E-state index < -0.39 is 0 Å². The Morgan fingerprint density at radius 3 is 1.96 bits per heavy atom. The van der Waals surface area contributed by atoms with Crippen molar-refractivity contribution >= 4 is 22.7 Å². The number of piperazine rings is 1. The number of β-amino-alcohol motifs (C(OH)–C–C–N with tert-alkyl or cyclic N) is 1. The number of hydrogen-bond donors (Lipinski definition) is 1. The Labute approximate surface area is 161 Å². The molecule has 0 amide bonds. The molecule has 3 heterocycles. The molecule has 0 bridgehead atoms. The average Bonchev–Trinajstić information content (AvgIpc) is 2.68. The maximum absolute atomic E-state index is 9.66. The first-order valence-corrected chi connectivity index (χ1v) is 10.3. The zero-order valence-electron chi connectivity index (χ0n) is 16.5. The number of aromatic nitrogens is 2. The van der Waals surface area contributed by atoms with Crippen molar-refractivity contribution in [1.82, 2.24) is 14.9 Å². The Morgan fingerprint density at radius 1 is 0.926 bits per heavy atom. The molecule has 2 aliphatic rings. The quantitative estimate of drug-likeness (QED) is 0.893. The zero-order valence-corrected chi connectivity index (χ0v) is 16.5. The molecule has 2 aromatic rings. The van der Waals surface area contributed by atoms with Crippen LogP contribution in [0.2, 0.25) is 0 Å². The zero-order chi connectivity index (χ0) is 18.8. The van der Waals surface area contributed by atoms with Crippen molar-refractivity contribution in [3.05, 3.63) is 24.3 Å². The highest BCUT2D eigenvalue weighted by Crippen LogP contribution is 2.31. The predicted molar refractivity (Wildman–Crippen MR) is 110 cm³/mol. The van der Waals surface area contributed by atoms with E-state index in [1.54, 1.807) is 0 Å². The van der Waals surface area contributed by atoms with Gasteiger partial charge in [0, 0.05) is 45.8 Å². The minimum atomic E-state index is -0.275. The first-order chi connectivity index (χ1) is 13.1. The molecule has 0 spiro atoms. The van der Waals surface area contributed by atoms with E-state index in [9.17, 15) is 5.11 Å². The molecule has 0 aliphatic carbocycles. The second kappa shape index (κ2) is 7.98. The van der Waals surface area contributed by atoms with Gasteiger partial charge in [-0.05, 0) is 37.8 Å². The van der Waals surface area contributed by atoms with E-state index in [0.717, 1.165) is 74.4 Å². The minimum Gasteiger partial charge on any atom is -0.392 e. The number of aliphatic hydroxyl groups excluding tert-OH is 1. The monoisotopic (exact) mass is 369 g/mol. The van der Waals surface area contributed by atoms with Crippen LogP contribution in [0.4, 0.5) is 11.6 Å². The van der Waals surface area contributed by atoms with Crippen LogP contribution >= 0.6 is 0 Å². The number of para-hydroxylation sites is 2. The second-order valence-corrected chi connectivity index (χ2v) is 8.17. The van der Waals surface area contributed by atoms with Crippen LogP contribution in [0.1, 0.15) is 26.7 Å². The summed E-state index contributed by atoms with van der Waals surface area (Å²) in [5, 5.41) is 9.66. The standard InChI is InChI=1S/C21H31N5O/c1-16-7-9-25(10-8-16)20-21(23-19-6-4-3-5-18(19)22-20)26-13-11-24(12-14-26)15-17(2)27/h3-6,16-17,27H,7-15H2,1-2H3/t17-/m1/s1. The smallest absolute Gasteiger partial charge is 0.172 e. The molecule has 6 nitrogen and oxygen atoms in total. The van der Waals surface area contributed by atoms with E-state index in [1.165, 1.54) is 12.8 Å². The highest BCUT2D eigenvalue weighted by Gasteiger charge is 2.26. The topological polar surface area (TPSA) is 55.7 Å². The van der Waals surface area contributed by atoms with E-state index in [2.05, 4.69) is 33.8 Å². The summed E-state index contributed by atoms with van der Waals surface area (Å²) in [6.45, 7) is 10.8. The van der Waals surface area contributed by atoms with Crippen molar-refractivity contribution in [2.45, 2.75) is 32.8 Å². The molecule has 1 N–H and O–H groups in total. The molecule has 4 rings (SSSR count). The summed E-state index contributed by atoms with van der Waals surface area (Å²) in [6, 6.07) is 8.18. The number of benzene rings is 1. The number of rotatable bonds is 4. The fourth-order valence-corrected chi connectivity index (χ4v) is 4.14. The molecule has 2 saturated heterocycles. The van der Waals surface area contributed by atoms with E-state index >= 15 is 0 Å². The van der Waals surface area contributed by atoms with Crippen molar-refractivity contribution in [1.29, 1.82) is 0 Å².